The summed E-state index contributed by atoms with van der Waals surface area (Å²) in [6.07, 6.45) is 0. The molecule has 21 heavy (non-hydrogen) atoms. The summed E-state index contributed by atoms with van der Waals surface area (Å²) in [6, 6.07) is 16.3. The maximum Gasteiger partial charge on any atom is 0.124 e. The van der Waals surface area contributed by atoms with Crippen molar-refractivity contribution in [2.75, 3.05) is 7.11 Å². The lowest BCUT2D eigenvalue weighted by molar-refractivity contribution is 0.415. The molecule has 2 nitrogen and oxygen atoms in total. The largest absolute Gasteiger partial charge is 0.497 e. The van der Waals surface area contributed by atoms with Crippen molar-refractivity contribution < 1.29 is 4.74 Å². The van der Waals surface area contributed by atoms with Gasteiger partial charge in [-0.25, -0.2) is 4.98 Å². The molecule has 0 unspecified atom stereocenters. The first kappa shape index (κ1) is 14.3. The van der Waals surface area contributed by atoms with Crippen LogP contribution in [-0.2, 0) is 0 Å². The highest BCUT2D eigenvalue weighted by atomic mass is 79.9. The lowest BCUT2D eigenvalue weighted by atomic mass is 10.1. The van der Waals surface area contributed by atoms with Gasteiger partial charge in [0.05, 0.1) is 12.8 Å². The molecule has 0 bridgehead atoms. The zero-order valence-electron chi connectivity index (χ0n) is 11.8. The van der Waals surface area contributed by atoms with Crippen molar-refractivity contribution in [3.8, 4) is 27.6 Å². The Balaban J connectivity index is 2.02. The van der Waals surface area contributed by atoms with Gasteiger partial charge in [-0.1, -0.05) is 40.2 Å². The van der Waals surface area contributed by atoms with E-state index in [9.17, 15) is 0 Å². The minimum absolute atomic E-state index is 0.852. The van der Waals surface area contributed by atoms with Crippen LogP contribution in [-0.4, -0.2) is 12.1 Å². The molecule has 0 amide bonds. The molecular weight excluding hydrogens is 346 g/mol. The summed E-state index contributed by atoms with van der Waals surface area (Å²) >= 11 is 5.17. The Hall–Kier alpha value is -1.65. The van der Waals surface area contributed by atoms with Crippen LogP contribution < -0.4 is 4.74 Å². The summed E-state index contributed by atoms with van der Waals surface area (Å²) in [6.45, 7) is 2.11. The van der Waals surface area contributed by atoms with Crippen LogP contribution in [0.3, 0.4) is 0 Å². The topological polar surface area (TPSA) is 22.1 Å². The average molecular weight is 360 g/mol. The van der Waals surface area contributed by atoms with Gasteiger partial charge in [0, 0.05) is 20.5 Å². The summed E-state index contributed by atoms with van der Waals surface area (Å²) in [7, 11) is 1.68. The normalized spacial score (nSPS) is 10.6. The quantitative estimate of drug-likeness (QED) is 0.610. The zero-order chi connectivity index (χ0) is 14.8. The number of aryl methyl sites for hydroxylation is 1. The highest BCUT2D eigenvalue weighted by Crippen LogP contribution is 2.34. The minimum atomic E-state index is 0.852. The molecule has 2 aromatic carbocycles. The Morgan fingerprint density at radius 2 is 1.81 bits per heavy atom. The summed E-state index contributed by atoms with van der Waals surface area (Å²) in [4.78, 5) is 6.02. The Kier molecular flexibility index (Phi) is 4.08. The Labute approximate surface area is 136 Å². The maximum atomic E-state index is 5.28. The van der Waals surface area contributed by atoms with Gasteiger partial charge in [-0.05, 0) is 31.2 Å². The fourth-order valence-corrected chi connectivity index (χ4v) is 3.35. The lowest BCUT2D eigenvalue weighted by Crippen LogP contribution is -1.84. The van der Waals surface area contributed by atoms with Crippen LogP contribution in [0.2, 0.25) is 0 Å². The van der Waals surface area contributed by atoms with Crippen molar-refractivity contribution in [2.45, 2.75) is 6.92 Å². The molecule has 0 aliphatic rings. The standard InChI is InChI=1S/C17H14BrNOS/c1-11-16(12-6-8-14(18)9-7-12)19-17(21-11)13-4-3-5-15(10-13)20-2/h3-10H,1-2H3. The molecule has 0 aliphatic heterocycles. The second kappa shape index (κ2) is 6.00. The van der Waals surface area contributed by atoms with Gasteiger partial charge in [-0.15, -0.1) is 11.3 Å². The van der Waals surface area contributed by atoms with E-state index in [2.05, 4.69) is 41.1 Å². The van der Waals surface area contributed by atoms with Gasteiger partial charge in [0.25, 0.3) is 0 Å². The number of ether oxygens (including phenoxy) is 1. The molecule has 0 spiro atoms. The Bertz CT molecular complexity index is 765. The third-order valence-electron chi connectivity index (χ3n) is 3.23. The molecule has 0 saturated heterocycles. The van der Waals surface area contributed by atoms with Crippen molar-refractivity contribution in [2.24, 2.45) is 0 Å². The van der Waals surface area contributed by atoms with E-state index in [0.29, 0.717) is 0 Å². The number of benzene rings is 2. The first-order chi connectivity index (χ1) is 10.2. The summed E-state index contributed by atoms with van der Waals surface area (Å²) < 4.78 is 6.36. The molecule has 0 atom stereocenters. The van der Waals surface area contributed by atoms with Crippen LogP contribution >= 0.6 is 27.3 Å². The molecular formula is C17H14BrNOS. The first-order valence-electron chi connectivity index (χ1n) is 6.55. The van der Waals surface area contributed by atoms with Gasteiger partial charge >= 0.3 is 0 Å². The van der Waals surface area contributed by atoms with Gasteiger partial charge in [0.15, 0.2) is 0 Å². The molecule has 1 heterocycles. The lowest BCUT2D eigenvalue weighted by Gasteiger charge is -2.01. The van der Waals surface area contributed by atoms with Gasteiger partial charge in [0.1, 0.15) is 10.8 Å². The van der Waals surface area contributed by atoms with Crippen LogP contribution in [0.5, 0.6) is 5.75 Å². The van der Waals surface area contributed by atoms with Crippen LogP contribution in [0.15, 0.2) is 53.0 Å². The summed E-state index contributed by atoms with van der Waals surface area (Å²) in [5.74, 6) is 0.852. The predicted molar refractivity (Wildman–Crippen MR) is 92.0 cm³/mol. The van der Waals surface area contributed by atoms with Crippen molar-refractivity contribution in [3.05, 3.63) is 57.9 Å². The van der Waals surface area contributed by atoms with E-state index in [1.165, 1.54) is 4.88 Å². The second-order valence-electron chi connectivity index (χ2n) is 4.66. The van der Waals surface area contributed by atoms with Crippen LogP contribution in [0.4, 0.5) is 0 Å². The summed E-state index contributed by atoms with van der Waals surface area (Å²) in [5, 5.41) is 1.02. The second-order valence-corrected chi connectivity index (χ2v) is 6.78. The molecule has 3 aromatic rings. The monoisotopic (exact) mass is 359 g/mol. The van der Waals surface area contributed by atoms with E-state index in [-0.39, 0.29) is 0 Å². The SMILES string of the molecule is COc1cccc(-c2nc(-c3ccc(Br)cc3)c(C)s2)c1. The van der Waals surface area contributed by atoms with Crippen molar-refractivity contribution >= 4 is 27.3 Å². The van der Waals surface area contributed by atoms with E-state index in [4.69, 9.17) is 9.72 Å². The number of nitrogens with zero attached hydrogens (tertiary/aromatic N) is 1. The Morgan fingerprint density at radius 1 is 1.05 bits per heavy atom. The number of halogens is 1. The van der Waals surface area contributed by atoms with E-state index < -0.39 is 0 Å². The van der Waals surface area contributed by atoms with Crippen molar-refractivity contribution in [1.29, 1.82) is 0 Å². The number of hydrogen-bond acceptors (Lipinski definition) is 3. The molecule has 1 aromatic heterocycles. The minimum Gasteiger partial charge on any atom is -0.497 e. The zero-order valence-corrected chi connectivity index (χ0v) is 14.2. The number of hydrogen-bond donors (Lipinski definition) is 0. The average Bonchev–Trinajstić information content (AvgIpc) is 2.90. The van der Waals surface area contributed by atoms with Crippen LogP contribution in [0.25, 0.3) is 21.8 Å². The van der Waals surface area contributed by atoms with E-state index in [1.54, 1.807) is 18.4 Å². The molecule has 0 aliphatic carbocycles. The third-order valence-corrected chi connectivity index (χ3v) is 4.78. The number of rotatable bonds is 3. The van der Waals surface area contributed by atoms with Crippen molar-refractivity contribution in [1.82, 2.24) is 4.98 Å². The maximum absolute atomic E-state index is 5.28. The molecule has 0 radical (unpaired) electrons. The fraction of sp³-hybridized carbons (Fsp3) is 0.118. The highest BCUT2D eigenvalue weighted by molar-refractivity contribution is 9.10. The van der Waals surface area contributed by atoms with Crippen LogP contribution in [0, 0.1) is 6.92 Å². The third kappa shape index (κ3) is 3.01. The summed E-state index contributed by atoms with van der Waals surface area (Å²) in [5.41, 5.74) is 3.28. The molecule has 3 rings (SSSR count). The van der Waals surface area contributed by atoms with Gasteiger partial charge in [-0.2, -0.15) is 0 Å². The molecule has 4 heteroatoms. The molecule has 106 valence electrons. The fourth-order valence-electron chi connectivity index (χ4n) is 2.15. The van der Waals surface area contributed by atoms with E-state index >= 15 is 0 Å². The van der Waals surface area contributed by atoms with Gasteiger partial charge in [0.2, 0.25) is 0 Å². The molecule has 0 N–H and O–H groups in total. The number of aromatic nitrogens is 1. The van der Waals surface area contributed by atoms with E-state index in [0.717, 1.165) is 32.1 Å². The van der Waals surface area contributed by atoms with E-state index in [1.807, 2.05) is 30.3 Å². The molecule has 0 fully saturated rings. The van der Waals surface area contributed by atoms with Gasteiger partial charge in [-0.3, -0.25) is 0 Å². The number of thiazole rings is 1. The number of methoxy groups -OCH3 is 1. The smallest absolute Gasteiger partial charge is 0.124 e. The first-order valence-corrected chi connectivity index (χ1v) is 8.16. The van der Waals surface area contributed by atoms with Crippen molar-refractivity contribution in [3.63, 3.8) is 0 Å². The van der Waals surface area contributed by atoms with Gasteiger partial charge < -0.3 is 4.74 Å². The predicted octanol–water partition coefficient (Wildman–Crippen LogP) is 5.56. The van der Waals surface area contributed by atoms with Crippen LogP contribution in [0.1, 0.15) is 4.88 Å². The Morgan fingerprint density at radius 3 is 2.52 bits per heavy atom. The highest BCUT2D eigenvalue weighted by Gasteiger charge is 2.11. The molecule has 0 saturated carbocycles.